The maximum Gasteiger partial charge on any atom is 0.214 e. The van der Waals surface area contributed by atoms with E-state index in [0.29, 0.717) is 62.0 Å². The number of ether oxygens (including phenoxy) is 3. The predicted octanol–water partition coefficient (Wildman–Crippen LogP) is 5.96. The number of morpholine rings is 1. The second-order valence-electron chi connectivity index (χ2n) is 10.7. The van der Waals surface area contributed by atoms with Gasteiger partial charge in [-0.05, 0) is 68.3 Å². The van der Waals surface area contributed by atoms with Crippen LogP contribution in [0, 0.1) is 6.92 Å². The van der Waals surface area contributed by atoms with Crippen molar-refractivity contribution >= 4 is 28.2 Å². The van der Waals surface area contributed by atoms with Crippen LogP contribution >= 0.6 is 0 Å². The second-order valence-corrected chi connectivity index (χ2v) is 10.7. The highest BCUT2D eigenvalue weighted by atomic mass is 19.1. The topological polar surface area (TPSA) is 108 Å². The van der Waals surface area contributed by atoms with E-state index < -0.39 is 6.17 Å². The van der Waals surface area contributed by atoms with Gasteiger partial charge in [-0.1, -0.05) is 6.08 Å². The van der Waals surface area contributed by atoms with Gasteiger partial charge in [-0.25, -0.2) is 13.5 Å². The molecule has 6 rings (SSSR count). The molecule has 224 valence electrons. The number of hydrogen-bond acceptors (Lipinski definition) is 7. The molecule has 3 heterocycles. The number of carbonyl (C=O) groups is 1. The molecule has 0 radical (unpaired) electrons. The highest BCUT2D eigenvalue weighted by Gasteiger charge is 2.23. The van der Waals surface area contributed by atoms with Crippen molar-refractivity contribution in [2.75, 3.05) is 43.5 Å². The molecule has 0 saturated carbocycles. The molecule has 1 saturated heterocycles. The van der Waals surface area contributed by atoms with Gasteiger partial charge in [-0.15, -0.1) is 0 Å². The average Bonchev–Trinajstić information content (AvgIpc) is 3.60. The second kappa shape index (κ2) is 11.9. The van der Waals surface area contributed by atoms with E-state index in [4.69, 9.17) is 19.9 Å². The first kappa shape index (κ1) is 28.5. The lowest BCUT2D eigenvalue weighted by Gasteiger charge is -2.30. The molecule has 1 atom stereocenters. The summed E-state index contributed by atoms with van der Waals surface area (Å²) in [5.41, 5.74) is 9.94. The van der Waals surface area contributed by atoms with E-state index in [1.54, 1.807) is 24.3 Å². The molecule has 4 aromatic rings. The third-order valence-corrected chi connectivity index (χ3v) is 7.51. The van der Waals surface area contributed by atoms with Crippen molar-refractivity contribution in [3.05, 3.63) is 83.2 Å². The van der Waals surface area contributed by atoms with Crippen LogP contribution in [0.3, 0.4) is 0 Å². The fourth-order valence-corrected chi connectivity index (χ4v) is 5.23. The average molecular weight is 590 g/mol. The number of nitrogens with two attached hydrogens (primary N) is 1. The minimum absolute atomic E-state index is 0.0762. The Hall–Kier alpha value is -4.64. The molecule has 0 bridgehead atoms. The summed E-state index contributed by atoms with van der Waals surface area (Å²) in [6.07, 6.45) is 4.80. The number of nitrogens with one attached hydrogen (secondary N) is 1. The molecule has 11 heteroatoms. The Bertz CT molecular complexity index is 1730. The van der Waals surface area contributed by atoms with Gasteiger partial charge in [0, 0.05) is 30.4 Å². The zero-order chi connectivity index (χ0) is 30.1. The van der Waals surface area contributed by atoms with E-state index in [1.165, 1.54) is 17.8 Å². The van der Waals surface area contributed by atoms with Crippen LogP contribution in [0.2, 0.25) is 0 Å². The van der Waals surface area contributed by atoms with Gasteiger partial charge in [0.2, 0.25) is 5.78 Å². The molecule has 1 unspecified atom stereocenters. The van der Waals surface area contributed by atoms with Crippen LogP contribution < -0.4 is 20.1 Å². The molecule has 2 aromatic carbocycles. The summed E-state index contributed by atoms with van der Waals surface area (Å²) in [4.78, 5) is 18.9. The van der Waals surface area contributed by atoms with E-state index in [0.717, 1.165) is 22.2 Å². The van der Waals surface area contributed by atoms with Gasteiger partial charge < -0.3 is 29.8 Å². The molecular formula is C32H33F2N5O4. The Kier molecular flexibility index (Phi) is 7.90. The molecule has 0 spiro atoms. The Morgan fingerprint density at radius 2 is 2.00 bits per heavy atom. The molecule has 2 aliphatic rings. The van der Waals surface area contributed by atoms with Gasteiger partial charge >= 0.3 is 0 Å². The van der Waals surface area contributed by atoms with E-state index in [1.807, 2.05) is 31.2 Å². The third-order valence-electron chi connectivity index (χ3n) is 7.51. The standard InChI is InChI=1S/C32H33F2N5O4/c1-19-13-22(7-8-28(19)43-29-6-4-3-5-24(29)34)39-32(35)23(17-36-39)31(40)26-14-21-15-30(42-18-20(2)33)27(16-25(21)37-26)38-9-11-41-12-10-38/h4,6-8,13-17,20,37H,3,5,9-12,18,35H2,1-2H3. The first-order valence-corrected chi connectivity index (χ1v) is 14.3. The van der Waals surface area contributed by atoms with Crippen LogP contribution in [-0.2, 0) is 4.74 Å². The Balaban J connectivity index is 1.27. The van der Waals surface area contributed by atoms with Gasteiger partial charge in [-0.2, -0.15) is 5.10 Å². The van der Waals surface area contributed by atoms with Crippen molar-refractivity contribution in [1.82, 2.24) is 14.8 Å². The normalized spacial score (nSPS) is 16.1. The molecule has 9 nitrogen and oxygen atoms in total. The minimum atomic E-state index is -1.13. The summed E-state index contributed by atoms with van der Waals surface area (Å²) in [5, 5.41) is 5.13. The maximum atomic E-state index is 14.1. The number of nitrogens with zero attached hydrogens (tertiary/aromatic N) is 3. The van der Waals surface area contributed by atoms with Gasteiger partial charge in [0.1, 0.15) is 35.9 Å². The summed E-state index contributed by atoms with van der Waals surface area (Å²) < 4.78 is 46.4. The van der Waals surface area contributed by atoms with Crippen molar-refractivity contribution in [2.45, 2.75) is 32.9 Å². The van der Waals surface area contributed by atoms with Gasteiger partial charge in [0.05, 0.1) is 42.0 Å². The monoisotopic (exact) mass is 589 g/mol. The molecule has 1 aliphatic carbocycles. The van der Waals surface area contributed by atoms with Crippen LogP contribution in [0.5, 0.6) is 11.5 Å². The lowest BCUT2D eigenvalue weighted by atomic mass is 10.1. The molecule has 2 aromatic heterocycles. The third kappa shape index (κ3) is 5.85. The number of anilines is 2. The number of ketones is 1. The molecule has 43 heavy (non-hydrogen) atoms. The summed E-state index contributed by atoms with van der Waals surface area (Å²) >= 11 is 0. The molecule has 0 amide bonds. The van der Waals surface area contributed by atoms with E-state index in [-0.39, 0.29) is 35.4 Å². The fraction of sp³-hybridized carbons (Fsp3) is 0.312. The largest absolute Gasteiger partial charge is 0.488 e. The van der Waals surface area contributed by atoms with Crippen LogP contribution in [0.4, 0.5) is 20.3 Å². The zero-order valence-corrected chi connectivity index (χ0v) is 24.0. The highest BCUT2D eigenvalue weighted by molar-refractivity contribution is 6.12. The first-order chi connectivity index (χ1) is 20.8. The Morgan fingerprint density at radius 1 is 1.19 bits per heavy atom. The van der Waals surface area contributed by atoms with Gasteiger partial charge in [0.25, 0.3) is 0 Å². The number of allylic oxidation sites excluding steroid dienone is 3. The quantitative estimate of drug-likeness (QED) is 0.232. The maximum absolute atomic E-state index is 14.1. The minimum Gasteiger partial charge on any atom is -0.488 e. The molecule has 1 fully saturated rings. The Morgan fingerprint density at radius 3 is 2.74 bits per heavy atom. The van der Waals surface area contributed by atoms with Crippen molar-refractivity contribution in [3.63, 3.8) is 0 Å². The van der Waals surface area contributed by atoms with Gasteiger partial charge in [-0.3, -0.25) is 4.79 Å². The number of nitrogen functional groups attached to an aromatic ring is 1. The van der Waals surface area contributed by atoms with Crippen LogP contribution in [0.25, 0.3) is 16.6 Å². The summed E-state index contributed by atoms with van der Waals surface area (Å²) in [5.74, 6) is 0.843. The van der Waals surface area contributed by atoms with E-state index in [9.17, 15) is 13.6 Å². The molecule has 1 aliphatic heterocycles. The van der Waals surface area contributed by atoms with Crippen molar-refractivity contribution in [2.24, 2.45) is 0 Å². The smallest absolute Gasteiger partial charge is 0.214 e. The number of benzene rings is 2. The van der Waals surface area contributed by atoms with Crippen molar-refractivity contribution in [1.29, 1.82) is 0 Å². The van der Waals surface area contributed by atoms with Crippen LogP contribution in [-0.4, -0.2) is 59.6 Å². The van der Waals surface area contributed by atoms with Crippen molar-refractivity contribution in [3.8, 4) is 17.2 Å². The van der Waals surface area contributed by atoms with Crippen LogP contribution in [0.1, 0.15) is 41.4 Å². The Labute approximate surface area is 247 Å². The number of carbonyl (C=O) groups excluding carboxylic acids is 1. The first-order valence-electron chi connectivity index (χ1n) is 14.3. The number of rotatable bonds is 9. The number of alkyl halides is 1. The van der Waals surface area contributed by atoms with Crippen LogP contribution in [0.15, 0.2) is 66.3 Å². The predicted molar refractivity (Wildman–Crippen MR) is 161 cm³/mol. The number of aryl methyl sites for hydroxylation is 1. The van der Waals surface area contributed by atoms with E-state index in [2.05, 4.69) is 15.0 Å². The number of halogens is 2. The molecule has 3 N–H and O–H groups in total. The lowest BCUT2D eigenvalue weighted by Crippen LogP contribution is -2.36. The number of hydrogen-bond donors (Lipinski definition) is 2. The zero-order valence-electron chi connectivity index (χ0n) is 24.0. The fourth-order valence-electron chi connectivity index (χ4n) is 5.23. The number of aromatic amines is 1. The van der Waals surface area contributed by atoms with E-state index >= 15 is 0 Å². The SMILES string of the molecule is Cc1cc(-n2ncc(C(=O)c3cc4cc(OCC(C)F)c(N5CCOCC5)cc4[nH]3)c2N)ccc1OC1=C(F)CCC=C1. The number of fused-ring (bicyclic) bond motifs is 1. The summed E-state index contributed by atoms with van der Waals surface area (Å²) in [7, 11) is 0. The lowest BCUT2D eigenvalue weighted by molar-refractivity contribution is 0.103. The number of aromatic nitrogens is 3. The van der Waals surface area contributed by atoms with Crippen molar-refractivity contribution < 1.29 is 27.8 Å². The van der Waals surface area contributed by atoms with Gasteiger partial charge in [0.15, 0.2) is 5.76 Å². The number of H-pyrrole nitrogens is 1. The summed E-state index contributed by atoms with van der Waals surface area (Å²) in [6.45, 7) is 5.73. The summed E-state index contributed by atoms with van der Waals surface area (Å²) in [6, 6.07) is 10.8. The molecular weight excluding hydrogens is 556 g/mol. The highest BCUT2D eigenvalue weighted by Crippen LogP contribution is 2.35.